The van der Waals surface area contributed by atoms with Crippen LogP contribution in [0.1, 0.15) is 17.5 Å². The van der Waals surface area contributed by atoms with Crippen molar-refractivity contribution >= 4 is 15.9 Å². The maximum Gasteiger partial charge on any atom is 0.177 e. The molecule has 18 heavy (non-hydrogen) atoms. The van der Waals surface area contributed by atoms with Crippen LogP contribution < -0.4 is 4.74 Å². The summed E-state index contributed by atoms with van der Waals surface area (Å²) in [6.45, 7) is 0. The van der Waals surface area contributed by atoms with E-state index in [1.165, 1.54) is 4.80 Å². The van der Waals surface area contributed by atoms with Crippen molar-refractivity contribution < 1.29 is 9.84 Å². The lowest BCUT2D eigenvalue weighted by molar-refractivity contribution is 0.171. The molecule has 2 rings (SSSR count). The van der Waals surface area contributed by atoms with E-state index >= 15 is 0 Å². The Morgan fingerprint density at radius 2 is 2.28 bits per heavy atom. The van der Waals surface area contributed by atoms with E-state index in [0.717, 1.165) is 4.47 Å². The van der Waals surface area contributed by atoms with Gasteiger partial charge in [-0.2, -0.15) is 4.80 Å². The minimum absolute atomic E-state index is 0.297. The Morgan fingerprint density at radius 1 is 1.50 bits per heavy atom. The van der Waals surface area contributed by atoms with Crippen molar-refractivity contribution in [1.29, 1.82) is 0 Å². The number of methoxy groups -OCH3 is 1. The monoisotopic (exact) mass is 312 g/mol. The molecule has 1 unspecified atom stereocenters. The molecule has 1 aromatic carbocycles. The highest BCUT2D eigenvalue weighted by Crippen LogP contribution is 2.29. The maximum atomic E-state index is 10.2. The third-order valence-corrected chi connectivity index (χ3v) is 2.97. The van der Waals surface area contributed by atoms with Gasteiger partial charge in [-0.3, -0.25) is 0 Å². The molecule has 0 bridgehead atoms. The average Bonchev–Trinajstić information content (AvgIpc) is 2.74. The number of benzene rings is 1. The van der Waals surface area contributed by atoms with Gasteiger partial charge in [-0.15, -0.1) is 10.2 Å². The molecule has 0 saturated carbocycles. The number of rotatable bonds is 4. The molecular weight excluding hydrogens is 300 g/mol. The van der Waals surface area contributed by atoms with Gasteiger partial charge in [-0.1, -0.05) is 22.0 Å². The molecule has 0 fully saturated rings. The zero-order valence-corrected chi connectivity index (χ0v) is 11.6. The molecule has 2 aromatic rings. The summed E-state index contributed by atoms with van der Waals surface area (Å²) in [5, 5.41) is 21.8. The van der Waals surface area contributed by atoms with Crippen LogP contribution in [0.4, 0.5) is 0 Å². The summed E-state index contributed by atoms with van der Waals surface area (Å²) in [5.74, 6) is 1.12. The Kier molecular flexibility index (Phi) is 3.93. The quantitative estimate of drug-likeness (QED) is 0.920. The number of nitrogens with zero attached hydrogens (tertiary/aromatic N) is 4. The molecule has 0 aliphatic heterocycles. The van der Waals surface area contributed by atoms with Crippen LogP contribution in [-0.2, 0) is 13.5 Å². The highest BCUT2D eigenvalue weighted by molar-refractivity contribution is 9.10. The smallest absolute Gasteiger partial charge is 0.177 e. The van der Waals surface area contributed by atoms with Crippen molar-refractivity contribution in [2.45, 2.75) is 12.5 Å². The van der Waals surface area contributed by atoms with Gasteiger partial charge in [0, 0.05) is 16.5 Å². The second-order valence-corrected chi connectivity index (χ2v) is 4.72. The lowest BCUT2D eigenvalue weighted by Crippen LogP contribution is -2.06. The van der Waals surface area contributed by atoms with Crippen LogP contribution in [0.3, 0.4) is 0 Å². The van der Waals surface area contributed by atoms with Gasteiger partial charge in [-0.25, -0.2) is 0 Å². The molecule has 1 atom stereocenters. The molecule has 7 heteroatoms. The SMILES string of the molecule is COc1cc(Br)ccc1C(O)Cc1nnn(C)n1. The average molecular weight is 313 g/mol. The van der Waals surface area contributed by atoms with Crippen molar-refractivity contribution in [2.24, 2.45) is 7.05 Å². The topological polar surface area (TPSA) is 73.1 Å². The molecule has 1 aromatic heterocycles. The van der Waals surface area contributed by atoms with Crippen LogP contribution >= 0.6 is 15.9 Å². The summed E-state index contributed by atoms with van der Waals surface area (Å²) in [7, 11) is 3.25. The normalized spacial score (nSPS) is 12.4. The minimum atomic E-state index is -0.725. The zero-order chi connectivity index (χ0) is 13.1. The van der Waals surface area contributed by atoms with Gasteiger partial charge in [-0.05, 0) is 17.3 Å². The summed E-state index contributed by atoms with van der Waals surface area (Å²) in [5.41, 5.74) is 0.702. The number of hydrogen-bond donors (Lipinski definition) is 1. The number of aliphatic hydroxyl groups is 1. The number of hydrogen-bond acceptors (Lipinski definition) is 5. The second-order valence-electron chi connectivity index (χ2n) is 3.80. The number of aryl methyl sites for hydroxylation is 1. The standard InChI is InChI=1S/C11H13BrN4O2/c1-16-14-11(13-15-16)6-9(17)8-4-3-7(12)5-10(8)18-2/h3-5,9,17H,6H2,1-2H3. The maximum absolute atomic E-state index is 10.2. The van der Waals surface area contributed by atoms with Crippen molar-refractivity contribution in [2.75, 3.05) is 7.11 Å². The van der Waals surface area contributed by atoms with Gasteiger partial charge >= 0.3 is 0 Å². The van der Waals surface area contributed by atoms with Crippen molar-refractivity contribution in [3.63, 3.8) is 0 Å². The van der Waals surface area contributed by atoms with E-state index in [1.807, 2.05) is 18.2 Å². The molecule has 0 aliphatic rings. The first kappa shape index (κ1) is 13.0. The van der Waals surface area contributed by atoms with Crippen LogP contribution in [0.2, 0.25) is 0 Å². The number of aliphatic hydroxyl groups excluding tert-OH is 1. The van der Waals surface area contributed by atoms with E-state index in [-0.39, 0.29) is 0 Å². The lowest BCUT2D eigenvalue weighted by atomic mass is 10.1. The Hall–Kier alpha value is -1.47. The highest BCUT2D eigenvalue weighted by Gasteiger charge is 2.16. The summed E-state index contributed by atoms with van der Waals surface area (Å²) >= 11 is 3.36. The van der Waals surface area contributed by atoms with Gasteiger partial charge in [0.25, 0.3) is 0 Å². The van der Waals surface area contributed by atoms with E-state index < -0.39 is 6.10 Å². The molecule has 0 aliphatic carbocycles. The molecule has 0 saturated heterocycles. The molecule has 96 valence electrons. The number of ether oxygens (including phenoxy) is 1. The molecule has 0 spiro atoms. The van der Waals surface area contributed by atoms with Gasteiger partial charge < -0.3 is 9.84 Å². The Bertz CT molecular complexity index is 544. The third-order valence-electron chi connectivity index (χ3n) is 2.48. The van der Waals surface area contributed by atoms with Gasteiger partial charge in [0.1, 0.15) is 5.75 Å². The van der Waals surface area contributed by atoms with Crippen LogP contribution in [0.15, 0.2) is 22.7 Å². The number of aromatic nitrogens is 4. The van der Waals surface area contributed by atoms with Crippen molar-refractivity contribution in [1.82, 2.24) is 20.2 Å². The second kappa shape index (κ2) is 5.45. The summed E-state index contributed by atoms with van der Waals surface area (Å²) in [6.07, 6.45) is -0.427. The first-order valence-electron chi connectivity index (χ1n) is 5.34. The number of tetrazole rings is 1. The van der Waals surface area contributed by atoms with E-state index in [4.69, 9.17) is 4.74 Å². The fraction of sp³-hybridized carbons (Fsp3) is 0.364. The zero-order valence-electron chi connectivity index (χ0n) is 10.0. The fourth-order valence-electron chi connectivity index (χ4n) is 1.65. The van der Waals surface area contributed by atoms with Gasteiger partial charge in [0.05, 0.1) is 20.3 Å². The lowest BCUT2D eigenvalue weighted by Gasteiger charge is -2.13. The molecule has 0 amide bonds. The van der Waals surface area contributed by atoms with Crippen LogP contribution in [0.25, 0.3) is 0 Å². The Balaban J connectivity index is 2.20. The summed E-state index contributed by atoms with van der Waals surface area (Å²) < 4.78 is 6.13. The predicted octanol–water partition coefficient (Wildman–Crippen LogP) is 1.26. The van der Waals surface area contributed by atoms with Crippen LogP contribution in [0, 0.1) is 0 Å². The first-order valence-corrected chi connectivity index (χ1v) is 6.14. The fourth-order valence-corrected chi connectivity index (χ4v) is 1.99. The molecule has 1 N–H and O–H groups in total. The van der Waals surface area contributed by atoms with Crippen molar-refractivity contribution in [3.8, 4) is 5.75 Å². The van der Waals surface area contributed by atoms with E-state index in [1.54, 1.807) is 14.2 Å². The molecule has 6 nitrogen and oxygen atoms in total. The Morgan fingerprint density at radius 3 is 2.89 bits per heavy atom. The van der Waals surface area contributed by atoms with Crippen molar-refractivity contribution in [3.05, 3.63) is 34.1 Å². The molecular formula is C11H13BrN4O2. The predicted molar refractivity (Wildman–Crippen MR) is 68.2 cm³/mol. The number of halogens is 1. The third kappa shape index (κ3) is 2.85. The largest absolute Gasteiger partial charge is 0.496 e. The van der Waals surface area contributed by atoms with Gasteiger partial charge in [0.15, 0.2) is 5.82 Å². The van der Waals surface area contributed by atoms with E-state index in [2.05, 4.69) is 31.3 Å². The first-order chi connectivity index (χ1) is 8.60. The summed E-state index contributed by atoms with van der Waals surface area (Å²) in [4.78, 5) is 1.36. The highest BCUT2D eigenvalue weighted by atomic mass is 79.9. The molecule has 1 heterocycles. The summed E-state index contributed by atoms with van der Waals surface area (Å²) in [6, 6.07) is 5.47. The minimum Gasteiger partial charge on any atom is -0.496 e. The van der Waals surface area contributed by atoms with E-state index in [0.29, 0.717) is 23.6 Å². The van der Waals surface area contributed by atoms with Gasteiger partial charge in [0.2, 0.25) is 0 Å². The van der Waals surface area contributed by atoms with Crippen LogP contribution in [-0.4, -0.2) is 32.4 Å². The van der Waals surface area contributed by atoms with Crippen LogP contribution in [0.5, 0.6) is 5.75 Å². The van der Waals surface area contributed by atoms with E-state index in [9.17, 15) is 5.11 Å². The molecule has 0 radical (unpaired) electrons. The Labute approximate surface area is 113 Å².